The minimum absolute atomic E-state index is 0.138. The zero-order chi connectivity index (χ0) is 15.5. The van der Waals surface area contributed by atoms with Gasteiger partial charge in [0.25, 0.3) is 0 Å². The smallest absolute Gasteiger partial charge is 0.0897 e. The van der Waals surface area contributed by atoms with E-state index in [1.54, 1.807) is 11.3 Å². The molecule has 2 aromatic rings. The quantitative estimate of drug-likeness (QED) is 0.881. The second-order valence-electron chi connectivity index (χ2n) is 6.75. The fourth-order valence-electron chi connectivity index (χ4n) is 2.52. The molecule has 0 aliphatic carbocycles. The Morgan fingerprint density at radius 2 is 1.90 bits per heavy atom. The molecule has 0 bridgehead atoms. The Kier molecular flexibility index (Phi) is 5.17. The number of hydrogen-bond acceptors (Lipinski definition) is 3. The molecule has 1 aromatic heterocycles. The number of aromatic nitrogens is 1. The van der Waals surface area contributed by atoms with Crippen molar-refractivity contribution in [2.45, 2.75) is 52.5 Å². The highest BCUT2D eigenvalue weighted by molar-refractivity contribution is 7.09. The first-order valence-corrected chi connectivity index (χ1v) is 8.44. The maximum Gasteiger partial charge on any atom is 0.0897 e. The van der Waals surface area contributed by atoms with E-state index in [-0.39, 0.29) is 5.54 Å². The molecule has 0 radical (unpaired) electrons. The average Bonchev–Trinajstić information content (AvgIpc) is 2.80. The van der Waals surface area contributed by atoms with Gasteiger partial charge in [-0.15, -0.1) is 11.3 Å². The molecule has 114 valence electrons. The zero-order valence-corrected chi connectivity index (χ0v) is 14.6. The monoisotopic (exact) mass is 302 g/mol. The van der Waals surface area contributed by atoms with E-state index in [0.717, 1.165) is 18.0 Å². The number of thiazole rings is 1. The van der Waals surface area contributed by atoms with Crippen LogP contribution < -0.4 is 5.32 Å². The predicted octanol–water partition coefficient (Wildman–Crippen LogP) is 4.47. The van der Waals surface area contributed by atoms with Crippen LogP contribution in [-0.4, -0.2) is 17.1 Å². The molecule has 0 spiro atoms. The Balaban J connectivity index is 2.19. The van der Waals surface area contributed by atoms with Crippen molar-refractivity contribution >= 4 is 11.3 Å². The van der Waals surface area contributed by atoms with E-state index in [1.165, 1.54) is 16.8 Å². The first-order valence-electron chi connectivity index (χ1n) is 7.57. The number of nitrogens with one attached hydrogen (secondary N) is 1. The summed E-state index contributed by atoms with van der Waals surface area (Å²) in [5, 5.41) is 6.99. The molecule has 3 heteroatoms. The van der Waals surface area contributed by atoms with Crippen molar-refractivity contribution in [2.75, 3.05) is 6.54 Å². The standard InChI is InChI=1S/C18H26N2S/c1-13-8-6-7-9-17(13)15(11-19-18(3,4)5)10-16-12-21-14(2)20-16/h6-9,12,15,19H,10-11H2,1-5H3. The topological polar surface area (TPSA) is 24.9 Å². The number of benzene rings is 1. The van der Waals surface area contributed by atoms with Crippen molar-refractivity contribution in [1.29, 1.82) is 0 Å². The largest absolute Gasteiger partial charge is 0.311 e. The van der Waals surface area contributed by atoms with Crippen LogP contribution in [0, 0.1) is 13.8 Å². The van der Waals surface area contributed by atoms with Crippen LogP contribution in [0.5, 0.6) is 0 Å². The van der Waals surface area contributed by atoms with Crippen molar-refractivity contribution in [3.8, 4) is 0 Å². The van der Waals surface area contributed by atoms with E-state index in [1.807, 2.05) is 0 Å². The Morgan fingerprint density at radius 1 is 1.19 bits per heavy atom. The van der Waals surface area contributed by atoms with Gasteiger partial charge in [-0.2, -0.15) is 0 Å². The summed E-state index contributed by atoms with van der Waals surface area (Å²) < 4.78 is 0. The van der Waals surface area contributed by atoms with Gasteiger partial charge in [-0.3, -0.25) is 0 Å². The van der Waals surface area contributed by atoms with Crippen molar-refractivity contribution in [2.24, 2.45) is 0 Å². The molecular weight excluding hydrogens is 276 g/mol. The Labute approximate surface area is 132 Å². The van der Waals surface area contributed by atoms with E-state index in [9.17, 15) is 0 Å². The molecule has 21 heavy (non-hydrogen) atoms. The molecule has 2 nitrogen and oxygen atoms in total. The summed E-state index contributed by atoms with van der Waals surface area (Å²) in [6, 6.07) is 8.70. The van der Waals surface area contributed by atoms with Crippen molar-refractivity contribution in [1.82, 2.24) is 10.3 Å². The van der Waals surface area contributed by atoms with Gasteiger partial charge in [-0.05, 0) is 52.2 Å². The molecule has 0 amide bonds. The van der Waals surface area contributed by atoms with Gasteiger partial charge < -0.3 is 5.32 Å². The summed E-state index contributed by atoms with van der Waals surface area (Å²) in [7, 11) is 0. The van der Waals surface area contributed by atoms with Gasteiger partial charge in [0.2, 0.25) is 0 Å². The van der Waals surface area contributed by atoms with E-state index in [2.05, 4.69) is 74.6 Å². The molecule has 0 fully saturated rings. The fraction of sp³-hybridized carbons (Fsp3) is 0.500. The summed E-state index contributed by atoms with van der Waals surface area (Å²) in [5.41, 5.74) is 4.14. The van der Waals surface area contributed by atoms with Crippen molar-refractivity contribution in [3.05, 3.63) is 51.5 Å². The molecule has 1 heterocycles. The highest BCUT2D eigenvalue weighted by Gasteiger charge is 2.18. The summed E-state index contributed by atoms with van der Waals surface area (Å²) in [6.45, 7) is 11.9. The maximum atomic E-state index is 4.64. The summed E-state index contributed by atoms with van der Waals surface area (Å²) in [5.74, 6) is 0.465. The second kappa shape index (κ2) is 6.71. The van der Waals surface area contributed by atoms with Crippen LogP contribution >= 0.6 is 11.3 Å². The minimum atomic E-state index is 0.138. The molecule has 0 saturated carbocycles. The summed E-state index contributed by atoms with van der Waals surface area (Å²) in [6.07, 6.45) is 0.998. The van der Waals surface area contributed by atoms with Gasteiger partial charge in [0.05, 0.1) is 10.7 Å². The molecule has 0 aliphatic rings. The average molecular weight is 302 g/mol. The third kappa shape index (κ3) is 4.94. The van der Waals surface area contributed by atoms with Crippen LogP contribution in [0.2, 0.25) is 0 Å². The molecule has 1 unspecified atom stereocenters. The molecule has 1 N–H and O–H groups in total. The number of rotatable bonds is 5. The lowest BCUT2D eigenvalue weighted by Crippen LogP contribution is -2.39. The van der Waals surface area contributed by atoms with Crippen LogP contribution in [0.15, 0.2) is 29.6 Å². The molecule has 0 saturated heterocycles. The third-order valence-electron chi connectivity index (χ3n) is 3.63. The molecule has 1 aromatic carbocycles. The molecule has 1 atom stereocenters. The van der Waals surface area contributed by atoms with Crippen LogP contribution in [-0.2, 0) is 6.42 Å². The lowest BCUT2D eigenvalue weighted by Gasteiger charge is -2.26. The predicted molar refractivity (Wildman–Crippen MR) is 92.2 cm³/mol. The highest BCUT2D eigenvalue weighted by Crippen LogP contribution is 2.25. The molecule has 2 rings (SSSR count). The Bertz CT molecular complexity index is 581. The van der Waals surface area contributed by atoms with Gasteiger partial charge in [-0.25, -0.2) is 4.98 Å². The normalized spacial score (nSPS) is 13.4. The van der Waals surface area contributed by atoms with Gasteiger partial charge in [0, 0.05) is 23.4 Å². The SMILES string of the molecule is Cc1nc(CC(CNC(C)(C)C)c2ccccc2C)cs1. The first kappa shape index (κ1) is 16.2. The highest BCUT2D eigenvalue weighted by atomic mass is 32.1. The van der Waals surface area contributed by atoms with Crippen LogP contribution in [0.3, 0.4) is 0 Å². The number of aryl methyl sites for hydroxylation is 2. The summed E-state index contributed by atoms with van der Waals surface area (Å²) in [4.78, 5) is 4.64. The van der Waals surface area contributed by atoms with Crippen LogP contribution in [0.25, 0.3) is 0 Å². The van der Waals surface area contributed by atoms with E-state index in [4.69, 9.17) is 0 Å². The first-order chi connectivity index (χ1) is 9.85. The zero-order valence-electron chi connectivity index (χ0n) is 13.7. The Morgan fingerprint density at radius 3 is 2.48 bits per heavy atom. The third-order valence-corrected chi connectivity index (χ3v) is 4.45. The van der Waals surface area contributed by atoms with Gasteiger partial charge in [0.1, 0.15) is 0 Å². The van der Waals surface area contributed by atoms with Crippen LogP contribution in [0.1, 0.15) is 48.5 Å². The summed E-state index contributed by atoms with van der Waals surface area (Å²) >= 11 is 1.74. The van der Waals surface area contributed by atoms with Crippen molar-refractivity contribution in [3.63, 3.8) is 0 Å². The molecule has 0 aliphatic heterocycles. The van der Waals surface area contributed by atoms with Gasteiger partial charge >= 0.3 is 0 Å². The molecular formula is C18H26N2S. The van der Waals surface area contributed by atoms with Gasteiger partial charge in [0.15, 0.2) is 0 Å². The number of nitrogens with zero attached hydrogens (tertiary/aromatic N) is 1. The lowest BCUT2D eigenvalue weighted by molar-refractivity contribution is 0.404. The number of hydrogen-bond donors (Lipinski definition) is 1. The van der Waals surface area contributed by atoms with E-state index < -0.39 is 0 Å². The second-order valence-corrected chi connectivity index (χ2v) is 7.81. The van der Waals surface area contributed by atoms with E-state index >= 15 is 0 Å². The lowest BCUT2D eigenvalue weighted by atomic mass is 9.90. The van der Waals surface area contributed by atoms with Crippen LogP contribution in [0.4, 0.5) is 0 Å². The minimum Gasteiger partial charge on any atom is -0.311 e. The fourth-order valence-corrected chi connectivity index (χ4v) is 3.15. The van der Waals surface area contributed by atoms with Gasteiger partial charge in [-0.1, -0.05) is 24.3 Å². The Hall–Kier alpha value is -1.19. The van der Waals surface area contributed by atoms with Crippen molar-refractivity contribution < 1.29 is 0 Å². The maximum absolute atomic E-state index is 4.64. The van der Waals surface area contributed by atoms with E-state index in [0.29, 0.717) is 5.92 Å².